The molecule has 0 radical (unpaired) electrons. The van der Waals surface area contributed by atoms with Crippen LogP contribution in [0.25, 0.3) is 0 Å². The smallest absolute Gasteiger partial charge is 0.410 e. The van der Waals surface area contributed by atoms with Gasteiger partial charge in [-0.25, -0.2) is 4.79 Å². The highest BCUT2D eigenvalue weighted by Crippen LogP contribution is 2.29. The highest BCUT2D eigenvalue weighted by atomic mass is 16.6. The molecule has 2 atom stereocenters. The number of aliphatic hydroxyl groups excluding tert-OH is 1. The van der Waals surface area contributed by atoms with Gasteiger partial charge in [-0.1, -0.05) is 30.3 Å². The van der Waals surface area contributed by atoms with E-state index in [9.17, 15) is 9.90 Å². The average molecular weight is 416 g/mol. The van der Waals surface area contributed by atoms with Crippen molar-refractivity contribution in [2.24, 2.45) is 0 Å². The molecule has 0 fully saturated rings. The molecule has 0 heterocycles. The molecule has 0 bridgehead atoms. The van der Waals surface area contributed by atoms with Gasteiger partial charge >= 0.3 is 6.09 Å². The van der Waals surface area contributed by atoms with Crippen LogP contribution in [0.2, 0.25) is 0 Å². The summed E-state index contributed by atoms with van der Waals surface area (Å²) in [7, 11) is 3.18. The van der Waals surface area contributed by atoms with Crippen LogP contribution in [0.3, 0.4) is 0 Å². The lowest BCUT2D eigenvalue weighted by atomic mass is 9.95. The van der Waals surface area contributed by atoms with Gasteiger partial charge in [0.25, 0.3) is 0 Å². The zero-order valence-corrected chi connectivity index (χ0v) is 18.7. The lowest BCUT2D eigenvalue weighted by molar-refractivity contribution is 0.0449. The van der Waals surface area contributed by atoms with Crippen LogP contribution in [0, 0.1) is 0 Å². The molecule has 2 aromatic rings. The first-order chi connectivity index (χ1) is 14.2. The van der Waals surface area contributed by atoms with E-state index < -0.39 is 17.7 Å². The predicted molar refractivity (Wildman–Crippen MR) is 117 cm³/mol. The molecule has 0 saturated heterocycles. The van der Waals surface area contributed by atoms with Gasteiger partial charge in [-0.05, 0) is 45.4 Å². The Kier molecular flexibility index (Phi) is 8.12. The fourth-order valence-corrected chi connectivity index (χ4v) is 3.18. The molecule has 2 rings (SSSR count). The van der Waals surface area contributed by atoms with E-state index in [1.165, 1.54) is 0 Å². The number of carbonyl (C=O) groups is 1. The Labute approximate surface area is 179 Å². The third-order valence-electron chi connectivity index (χ3n) is 5.05. The third kappa shape index (κ3) is 6.13. The van der Waals surface area contributed by atoms with E-state index in [1.807, 2.05) is 63.2 Å². The standard InChI is InChI=1S/C24H33NO5/c1-17(26)21(18-10-8-7-9-11-18)16-30-23(27)25(24(2,3)4)15-19-12-13-20(28-5)14-22(19)29-6/h7-14,17,21,26H,15-16H2,1-6H3. The molecular formula is C24H33NO5. The summed E-state index contributed by atoms with van der Waals surface area (Å²) in [5.74, 6) is 1.03. The van der Waals surface area contributed by atoms with Gasteiger partial charge in [0.05, 0.1) is 26.9 Å². The van der Waals surface area contributed by atoms with Crippen LogP contribution in [0.5, 0.6) is 11.5 Å². The molecule has 0 saturated carbocycles. The molecular weight excluding hydrogens is 382 g/mol. The molecule has 6 heteroatoms. The fraction of sp³-hybridized carbons (Fsp3) is 0.458. The first kappa shape index (κ1) is 23.5. The SMILES string of the molecule is COc1ccc(CN(C(=O)OCC(c2ccccc2)C(C)O)C(C)(C)C)c(OC)c1. The normalized spacial score (nSPS) is 13.3. The average Bonchev–Trinajstić information content (AvgIpc) is 2.71. The summed E-state index contributed by atoms with van der Waals surface area (Å²) in [6.45, 7) is 7.97. The van der Waals surface area contributed by atoms with Crippen LogP contribution < -0.4 is 9.47 Å². The van der Waals surface area contributed by atoms with Crippen LogP contribution in [0.15, 0.2) is 48.5 Å². The number of rotatable bonds is 8. The molecule has 1 amide bonds. The van der Waals surface area contributed by atoms with Crippen molar-refractivity contribution in [2.75, 3.05) is 20.8 Å². The van der Waals surface area contributed by atoms with E-state index in [-0.39, 0.29) is 12.5 Å². The van der Waals surface area contributed by atoms with E-state index in [2.05, 4.69) is 0 Å². The van der Waals surface area contributed by atoms with Crippen LogP contribution >= 0.6 is 0 Å². The van der Waals surface area contributed by atoms with Gasteiger partial charge < -0.3 is 19.3 Å². The summed E-state index contributed by atoms with van der Waals surface area (Å²) < 4.78 is 16.4. The molecule has 0 aliphatic heterocycles. The summed E-state index contributed by atoms with van der Waals surface area (Å²) >= 11 is 0. The number of ether oxygens (including phenoxy) is 3. The molecule has 2 unspecified atom stereocenters. The third-order valence-corrected chi connectivity index (χ3v) is 5.05. The Bertz CT molecular complexity index is 814. The van der Waals surface area contributed by atoms with Crippen molar-refractivity contribution < 1.29 is 24.1 Å². The number of hydrogen-bond donors (Lipinski definition) is 1. The number of amides is 1. The Hall–Kier alpha value is -2.73. The highest BCUT2D eigenvalue weighted by molar-refractivity contribution is 5.69. The lowest BCUT2D eigenvalue weighted by Crippen LogP contribution is -2.45. The molecule has 1 N–H and O–H groups in total. The number of methoxy groups -OCH3 is 2. The summed E-state index contributed by atoms with van der Waals surface area (Å²) in [5, 5.41) is 10.2. The van der Waals surface area contributed by atoms with Gasteiger partial charge in [-0.3, -0.25) is 4.90 Å². The minimum Gasteiger partial charge on any atom is -0.497 e. The van der Waals surface area contributed by atoms with Gasteiger partial charge in [0.15, 0.2) is 0 Å². The molecule has 0 aliphatic rings. The number of nitrogens with zero attached hydrogens (tertiary/aromatic N) is 1. The second-order valence-corrected chi connectivity index (χ2v) is 8.27. The largest absolute Gasteiger partial charge is 0.497 e. The maximum Gasteiger partial charge on any atom is 0.410 e. The molecule has 0 aliphatic carbocycles. The number of hydrogen-bond acceptors (Lipinski definition) is 5. The quantitative estimate of drug-likeness (QED) is 0.682. The Morgan fingerprint density at radius 1 is 1.07 bits per heavy atom. The molecule has 164 valence electrons. The summed E-state index contributed by atoms with van der Waals surface area (Å²) in [6.07, 6.45) is -1.09. The van der Waals surface area contributed by atoms with Crippen molar-refractivity contribution in [2.45, 2.75) is 51.8 Å². The van der Waals surface area contributed by atoms with Gasteiger partial charge in [-0.15, -0.1) is 0 Å². The van der Waals surface area contributed by atoms with Crippen LogP contribution in [0.4, 0.5) is 4.79 Å². The second kappa shape index (κ2) is 10.3. The van der Waals surface area contributed by atoms with Crippen molar-refractivity contribution in [1.82, 2.24) is 4.90 Å². The zero-order chi connectivity index (χ0) is 22.3. The van der Waals surface area contributed by atoms with E-state index in [0.29, 0.717) is 18.0 Å². The van der Waals surface area contributed by atoms with Crippen LogP contribution in [0.1, 0.15) is 44.7 Å². The van der Waals surface area contributed by atoms with Gasteiger partial charge in [0.2, 0.25) is 0 Å². The second-order valence-electron chi connectivity index (χ2n) is 8.27. The first-order valence-corrected chi connectivity index (χ1v) is 10.1. The first-order valence-electron chi connectivity index (χ1n) is 10.1. The maximum atomic E-state index is 13.0. The number of aliphatic hydroxyl groups is 1. The van der Waals surface area contributed by atoms with Gasteiger partial charge in [-0.2, -0.15) is 0 Å². The van der Waals surface area contributed by atoms with Gasteiger partial charge in [0.1, 0.15) is 18.1 Å². The van der Waals surface area contributed by atoms with Crippen LogP contribution in [-0.4, -0.2) is 48.6 Å². The number of carbonyl (C=O) groups excluding carboxylic acids is 1. The van der Waals surface area contributed by atoms with Crippen molar-refractivity contribution in [3.8, 4) is 11.5 Å². The predicted octanol–water partition coefficient (Wildman–Crippen LogP) is 4.61. The Morgan fingerprint density at radius 3 is 2.27 bits per heavy atom. The van der Waals surface area contributed by atoms with Crippen molar-refractivity contribution in [3.05, 3.63) is 59.7 Å². The highest BCUT2D eigenvalue weighted by Gasteiger charge is 2.30. The summed E-state index contributed by atoms with van der Waals surface area (Å²) in [4.78, 5) is 14.7. The summed E-state index contributed by atoms with van der Waals surface area (Å²) in [5.41, 5.74) is 1.30. The molecule has 0 spiro atoms. The Morgan fingerprint density at radius 2 is 1.73 bits per heavy atom. The molecule has 6 nitrogen and oxygen atoms in total. The zero-order valence-electron chi connectivity index (χ0n) is 18.7. The van der Waals surface area contributed by atoms with Crippen molar-refractivity contribution in [1.29, 1.82) is 0 Å². The molecule has 0 aromatic heterocycles. The maximum absolute atomic E-state index is 13.0. The van der Waals surface area contributed by atoms with E-state index >= 15 is 0 Å². The van der Waals surface area contributed by atoms with E-state index in [1.54, 1.807) is 32.1 Å². The van der Waals surface area contributed by atoms with Gasteiger partial charge in [0, 0.05) is 23.1 Å². The summed E-state index contributed by atoms with van der Waals surface area (Å²) in [6, 6.07) is 15.1. The van der Waals surface area contributed by atoms with Crippen molar-refractivity contribution in [3.63, 3.8) is 0 Å². The van der Waals surface area contributed by atoms with E-state index in [0.717, 1.165) is 11.1 Å². The molecule has 2 aromatic carbocycles. The molecule has 30 heavy (non-hydrogen) atoms. The number of benzene rings is 2. The van der Waals surface area contributed by atoms with E-state index in [4.69, 9.17) is 14.2 Å². The topological polar surface area (TPSA) is 68.2 Å². The Balaban J connectivity index is 2.18. The van der Waals surface area contributed by atoms with Crippen molar-refractivity contribution >= 4 is 6.09 Å². The van der Waals surface area contributed by atoms with Crippen LogP contribution in [-0.2, 0) is 11.3 Å². The fourth-order valence-electron chi connectivity index (χ4n) is 3.18. The minimum atomic E-state index is -0.648. The monoisotopic (exact) mass is 415 g/mol. The lowest BCUT2D eigenvalue weighted by Gasteiger charge is -2.35. The minimum absolute atomic E-state index is 0.0901.